The highest BCUT2D eigenvalue weighted by Gasteiger charge is 1.94. The standard InChI is InChI=1S/C6H9BrO3/c1-9-6(8)10-5-3-2-4-7/h2-3H,4-5H2,1H3/b3-2-. The lowest BCUT2D eigenvalue weighted by Gasteiger charge is -1.96. The smallest absolute Gasteiger partial charge is 0.438 e. The zero-order chi connectivity index (χ0) is 7.82. The minimum atomic E-state index is -0.653. The van der Waals surface area contributed by atoms with Gasteiger partial charge in [-0.1, -0.05) is 28.1 Å². The minimum absolute atomic E-state index is 0.262. The van der Waals surface area contributed by atoms with Gasteiger partial charge in [-0.25, -0.2) is 4.79 Å². The number of alkyl halides is 1. The van der Waals surface area contributed by atoms with E-state index in [1.54, 1.807) is 6.08 Å². The number of rotatable bonds is 3. The molecule has 0 aliphatic heterocycles. The molecular formula is C6H9BrO3. The molecule has 0 bridgehead atoms. The van der Waals surface area contributed by atoms with Crippen LogP contribution in [0.5, 0.6) is 0 Å². The van der Waals surface area contributed by atoms with Crippen molar-refractivity contribution >= 4 is 22.1 Å². The SMILES string of the molecule is COC(=O)OC/C=C\CBr. The van der Waals surface area contributed by atoms with Gasteiger partial charge in [0, 0.05) is 5.33 Å². The van der Waals surface area contributed by atoms with E-state index in [9.17, 15) is 4.79 Å². The molecule has 0 aliphatic rings. The summed E-state index contributed by atoms with van der Waals surface area (Å²) in [6, 6.07) is 0. The molecule has 0 rings (SSSR count). The van der Waals surface area contributed by atoms with Crippen molar-refractivity contribution in [3.63, 3.8) is 0 Å². The normalized spacial score (nSPS) is 9.80. The van der Waals surface area contributed by atoms with Gasteiger partial charge in [-0.2, -0.15) is 0 Å². The first-order chi connectivity index (χ1) is 4.81. The lowest BCUT2D eigenvalue weighted by Crippen LogP contribution is -2.03. The molecule has 0 unspecified atom stereocenters. The lowest BCUT2D eigenvalue weighted by atomic mass is 10.6. The first-order valence-corrected chi connectivity index (χ1v) is 3.85. The first-order valence-electron chi connectivity index (χ1n) is 2.73. The second kappa shape index (κ2) is 6.61. The van der Waals surface area contributed by atoms with Crippen LogP contribution in [0, 0.1) is 0 Å². The van der Waals surface area contributed by atoms with Crippen LogP contribution in [-0.2, 0) is 9.47 Å². The lowest BCUT2D eigenvalue weighted by molar-refractivity contribution is 0.0818. The summed E-state index contributed by atoms with van der Waals surface area (Å²) in [6.07, 6.45) is 2.91. The summed E-state index contributed by atoms with van der Waals surface area (Å²) in [7, 11) is 1.27. The number of hydrogen-bond acceptors (Lipinski definition) is 3. The molecule has 0 N–H and O–H groups in total. The van der Waals surface area contributed by atoms with E-state index in [-0.39, 0.29) is 6.61 Å². The Balaban J connectivity index is 3.19. The van der Waals surface area contributed by atoms with Gasteiger partial charge in [0.2, 0.25) is 0 Å². The molecule has 0 aromatic carbocycles. The summed E-state index contributed by atoms with van der Waals surface area (Å²) in [5.74, 6) is 0. The van der Waals surface area contributed by atoms with Crippen LogP contribution >= 0.6 is 15.9 Å². The van der Waals surface area contributed by atoms with Crippen LogP contribution in [0.1, 0.15) is 0 Å². The zero-order valence-corrected chi connectivity index (χ0v) is 7.26. The molecule has 0 spiro atoms. The second-order valence-corrected chi connectivity index (χ2v) is 2.04. The van der Waals surface area contributed by atoms with Gasteiger partial charge in [0.1, 0.15) is 6.61 Å². The van der Waals surface area contributed by atoms with Crippen molar-refractivity contribution in [3.8, 4) is 0 Å². The quantitative estimate of drug-likeness (QED) is 0.403. The van der Waals surface area contributed by atoms with E-state index in [2.05, 4.69) is 25.4 Å². The molecular weight excluding hydrogens is 200 g/mol. The fourth-order valence-electron chi connectivity index (χ4n) is 0.306. The Morgan fingerprint density at radius 3 is 2.80 bits per heavy atom. The van der Waals surface area contributed by atoms with Crippen molar-refractivity contribution in [3.05, 3.63) is 12.2 Å². The van der Waals surface area contributed by atoms with Crippen molar-refractivity contribution in [1.82, 2.24) is 0 Å². The number of ether oxygens (including phenoxy) is 2. The monoisotopic (exact) mass is 208 g/mol. The maximum Gasteiger partial charge on any atom is 0.508 e. The number of carbonyl (C=O) groups excluding carboxylic acids is 1. The molecule has 10 heavy (non-hydrogen) atoms. The molecule has 0 saturated heterocycles. The van der Waals surface area contributed by atoms with Gasteiger partial charge in [-0.3, -0.25) is 0 Å². The molecule has 4 heteroatoms. The molecule has 0 aromatic rings. The van der Waals surface area contributed by atoms with Gasteiger partial charge in [-0.05, 0) is 0 Å². The third-order valence-electron chi connectivity index (χ3n) is 0.720. The molecule has 3 nitrogen and oxygen atoms in total. The van der Waals surface area contributed by atoms with E-state index >= 15 is 0 Å². The fraction of sp³-hybridized carbons (Fsp3) is 0.500. The average molecular weight is 209 g/mol. The van der Waals surface area contributed by atoms with E-state index in [1.807, 2.05) is 6.08 Å². The van der Waals surface area contributed by atoms with Crippen LogP contribution in [-0.4, -0.2) is 25.2 Å². The third-order valence-corrected chi connectivity index (χ3v) is 1.09. The molecule has 58 valence electrons. The van der Waals surface area contributed by atoms with Gasteiger partial charge in [0.05, 0.1) is 7.11 Å². The van der Waals surface area contributed by atoms with E-state index in [0.717, 1.165) is 5.33 Å². The van der Waals surface area contributed by atoms with Crippen LogP contribution in [0.15, 0.2) is 12.2 Å². The van der Waals surface area contributed by atoms with Crippen molar-refractivity contribution in [1.29, 1.82) is 0 Å². The van der Waals surface area contributed by atoms with E-state index in [4.69, 9.17) is 0 Å². The summed E-state index contributed by atoms with van der Waals surface area (Å²) >= 11 is 3.18. The van der Waals surface area contributed by atoms with Gasteiger partial charge in [0.15, 0.2) is 0 Å². The molecule has 0 amide bonds. The molecule has 0 radical (unpaired) electrons. The Morgan fingerprint density at radius 1 is 1.60 bits per heavy atom. The predicted octanol–water partition coefficient (Wildman–Crippen LogP) is 1.72. The molecule has 0 atom stereocenters. The third kappa shape index (κ3) is 5.62. The zero-order valence-electron chi connectivity index (χ0n) is 5.67. The number of allylic oxidation sites excluding steroid dienone is 1. The average Bonchev–Trinajstić information content (AvgIpc) is 1.98. The maximum absolute atomic E-state index is 10.3. The van der Waals surface area contributed by atoms with E-state index < -0.39 is 6.16 Å². The van der Waals surface area contributed by atoms with Gasteiger partial charge in [-0.15, -0.1) is 0 Å². The Hall–Kier alpha value is -0.510. The topological polar surface area (TPSA) is 35.5 Å². The number of methoxy groups -OCH3 is 1. The number of halogens is 1. The van der Waals surface area contributed by atoms with Crippen LogP contribution in [0.25, 0.3) is 0 Å². The molecule has 0 saturated carbocycles. The minimum Gasteiger partial charge on any atom is -0.438 e. The van der Waals surface area contributed by atoms with Crippen LogP contribution in [0.2, 0.25) is 0 Å². The number of carbonyl (C=O) groups is 1. The van der Waals surface area contributed by atoms with Crippen molar-refractivity contribution < 1.29 is 14.3 Å². The van der Waals surface area contributed by atoms with Gasteiger partial charge in [0.25, 0.3) is 0 Å². The Bertz CT molecular complexity index is 122. The van der Waals surface area contributed by atoms with Crippen molar-refractivity contribution in [2.24, 2.45) is 0 Å². The summed E-state index contributed by atoms with van der Waals surface area (Å²) in [5.41, 5.74) is 0. The van der Waals surface area contributed by atoms with Crippen molar-refractivity contribution in [2.75, 3.05) is 19.0 Å². The Morgan fingerprint density at radius 2 is 2.30 bits per heavy atom. The van der Waals surface area contributed by atoms with Crippen molar-refractivity contribution in [2.45, 2.75) is 0 Å². The number of hydrogen-bond donors (Lipinski definition) is 0. The highest BCUT2D eigenvalue weighted by atomic mass is 79.9. The van der Waals surface area contributed by atoms with Crippen LogP contribution in [0.3, 0.4) is 0 Å². The van der Waals surface area contributed by atoms with E-state index in [1.165, 1.54) is 7.11 Å². The summed E-state index contributed by atoms with van der Waals surface area (Å²) < 4.78 is 8.75. The van der Waals surface area contributed by atoms with Gasteiger partial charge < -0.3 is 9.47 Å². The fourth-order valence-corrected chi connectivity index (χ4v) is 0.570. The summed E-state index contributed by atoms with van der Waals surface area (Å²) in [4.78, 5) is 10.3. The molecule has 0 aliphatic carbocycles. The highest BCUT2D eigenvalue weighted by molar-refractivity contribution is 9.09. The predicted molar refractivity (Wildman–Crippen MR) is 41.3 cm³/mol. The van der Waals surface area contributed by atoms with Gasteiger partial charge >= 0.3 is 6.16 Å². The second-order valence-electron chi connectivity index (χ2n) is 1.39. The summed E-state index contributed by atoms with van der Waals surface area (Å²) in [5, 5.41) is 0.761. The van der Waals surface area contributed by atoms with Crippen LogP contribution < -0.4 is 0 Å². The van der Waals surface area contributed by atoms with E-state index in [0.29, 0.717) is 0 Å². The molecule has 0 aromatic heterocycles. The maximum atomic E-state index is 10.3. The largest absolute Gasteiger partial charge is 0.508 e. The highest BCUT2D eigenvalue weighted by Crippen LogP contribution is 1.85. The molecule has 0 fully saturated rings. The molecule has 0 heterocycles. The Kier molecular flexibility index (Phi) is 6.27. The van der Waals surface area contributed by atoms with Crippen LogP contribution in [0.4, 0.5) is 4.79 Å². The Labute approximate surface area is 68.1 Å². The summed E-state index contributed by atoms with van der Waals surface area (Å²) in [6.45, 7) is 0.262. The first kappa shape index (κ1) is 9.49.